The summed E-state index contributed by atoms with van der Waals surface area (Å²) in [7, 11) is 0. The highest BCUT2D eigenvalue weighted by Gasteiger charge is 2.43. The molecule has 0 bridgehead atoms. The molecule has 3 amide bonds. The Morgan fingerprint density at radius 1 is 1.02 bits per heavy atom. The predicted molar refractivity (Wildman–Crippen MR) is 152 cm³/mol. The van der Waals surface area contributed by atoms with Crippen molar-refractivity contribution in [2.75, 3.05) is 13.1 Å². The van der Waals surface area contributed by atoms with Gasteiger partial charge in [0.25, 0.3) is 5.91 Å². The molecule has 3 rings (SSSR count). The number of halogens is 4. The first-order chi connectivity index (χ1) is 20.9. The third kappa shape index (κ3) is 8.55. The molecule has 1 aliphatic rings. The molecule has 4 N–H and O–H groups in total. The largest absolute Gasteiger partial charge is 0.478 e. The number of carbonyl (C=O) groups is 4. The van der Waals surface area contributed by atoms with Crippen LogP contribution in [0.2, 0.25) is 0 Å². The average molecular weight is 624 g/mol. The summed E-state index contributed by atoms with van der Waals surface area (Å²) < 4.78 is 55.4. The molecule has 4 atom stereocenters. The normalized spacial score (nSPS) is 17.9. The number of nitrogens with one attached hydrogen (secondary N) is 2. The van der Waals surface area contributed by atoms with Crippen molar-refractivity contribution in [1.29, 1.82) is 0 Å². The molecule has 2 aromatic rings. The van der Waals surface area contributed by atoms with Crippen molar-refractivity contribution in [3.63, 3.8) is 0 Å². The summed E-state index contributed by atoms with van der Waals surface area (Å²) in [6.45, 7) is 3.35. The number of hydrogen-bond donors (Lipinski definition) is 4. The first-order valence-electron chi connectivity index (χ1n) is 14.5. The summed E-state index contributed by atoms with van der Waals surface area (Å²) in [4.78, 5) is 51.9. The van der Waals surface area contributed by atoms with Crippen molar-refractivity contribution in [3.8, 4) is 0 Å². The predicted octanol–water partition coefficient (Wildman–Crippen LogP) is 3.64. The lowest BCUT2D eigenvalue weighted by Gasteiger charge is -2.30. The van der Waals surface area contributed by atoms with Gasteiger partial charge < -0.3 is 25.7 Å². The van der Waals surface area contributed by atoms with E-state index in [1.807, 2.05) is 32.0 Å². The van der Waals surface area contributed by atoms with Crippen molar-refractivity contribution in [1.82, 2.24) is 15.5 Å². The van der Waals surface area contributed by atoms with Crippen LogP contribution in [0, 0.1) is 17.6 Å². The van der Waals surface area contributed by atoms with Gasteiger partial charge in [-0.15, -0.1) is 0 Å². The van der Waals surface area contributed by atoms with Gasteiger partial charge in [0.05, 0.1) is 5.56 Å². The number of rotatable bonds is 14. The fourth-order valence-electron chi connectivity index (χ4n) is 5.48. The smallest absolute Gasteiger partial charge is 0.335 e. The summed E-state index contributed by atoms with van der Waals surface area (Å²) in [6.07, 6.45) is -4.69. The zero-order valence-electron chi connectivity index (χ0n) is 24.4. The van der Waals surface area contributed by atoms with Gasteiger partial charge in [-0.25, -0.2) is 22.4 Å². The SMILES string of the molecule is CCC(CC)C(O)C(=O)N1C[C@H](c2ccccc2)C[C@H]1C(=O)N[C@@H](CC(F)F)C(=O)NCCc1c(F)cc(C(=O)O)cc1F. The molecule has 1 heterocycles. The van der Waals surface area contributed by atoms with Gasteiger partial charge in [0.2, 0.25) is 18.2 Å². The highest BCUT2D eigenvalue weighted by atomic mass is 19.3. The minimum Gasteiger partial charge on any atom is -0.478 e. The van der Waals surface area contributed by atoms with Crippen LogP contribution in [0.25, 0.3) is 0 Å². The maximum Gasteiger partial charge on any atom is 0.335 e. The zero-order valence-corrected chi connectivity index (χ0v) is 24.4. The Morgan fingerprint density at radius 2 is 1.64 bits per heavy atom. The topological polar surface area (TPSA) is 136 Å². The van der Waals surface area contributed by atoms with E-state index in [9.17, 15) is 41.8 Å². The number of aromatic carboxylic acids is 1. The lowest BCUT2D eigenvalue weighted by atomic mass is 9.95. The van der Waals surface area contributed by atoms with E-state index in [-0.39, 0.29) is 24.8 Å². The van der Waals surface area contributed by atoms with Gasteiger partial charge in [-0.2, -0.15) is 0 Å². The van der Waals surface area contributed by atoms with Crippen LogP contribution in [0.1, 0.15) is 66.9 Å². The van der Waals surface area contributed by atoms with E-state index in [4.69, 9.17) is 5.11 Å². The van der Waals surface area contributed by atoms with E-state index in [2.05, 4.69) is 10.6 Å². The van der Waals surface area contributed by atoms with Gasteiger partial charge in [0, 0.05) is 31.0 Å². The Morgan fingerprint density at radius 3 is 2.18 bits per heavy atom. The van der Waals surface area contributed by atoms with E-state index in [1.54, 1.807) is 12.1 Å². The molecule has 0 radical (unpaired) electrons. The molecule has 13 heteroatoms. The van der Waals surface area contributed by atoms with E-state index in [1.165, 1.54) is 4.90 Å². The Labute approximate surface area is 252 Å². The summed E-state index contributed by atoms with van der Waals surface area (Å²) in [5.41, 5.74) is -0.267. The van der Waals surface area contributed by atoms with Crippen molar-refractivity contribution in [2.45, 2.75) is 76.5 Å². The van der Waals surface area contributed by atoms with Crippen LogP contribution < -0.4 is 10.6 Å². The lowest BCUT2D eigenvalue weighted by molar-refractivity contribution is -0.148. The molecule has 0 aromatic heterocycles. The second kappa shape index (κ2) is 15.6. The van der Waals surface area contributed by atoms with Gasteiger partial charge in [0.1, 0.15) is 29.8 Å². The van der Waals surface area contributed by atoms with Gasteiger partial charge in [0.15, 0.2) is 0 Å². The maximum absolute atomic E-state index is 14.3. The molecule has 240 valence electrons. The molecule has 1 aliphatic heterocycles. The van der Waals surface area contributed by atoms with Crippen LogP contribution in [0.15, 0.2) is 42.5 Å². The number of alkyl halides is 2. The number of benzene rings is 2. The fraction of sp³-hybridized carbons (Fsp3) is 0.484. The lowest BCUT2D eigenvalue weighted by Crippen LogP contribution is -2.55. The molecule has 0 spiro atoms. The summed E-state index contributed by atoms with van der Waals surface area (Å²) in [5.74, 6) is -7.02. The molecule has 1 unspecified atom stereocenters. The second-order valence-corrected chi connectivity index (χ2v) is 10.8. The first-order valence-corrected chi connectivity index (χ1v) is 14.5. The quantitative estimate of drug-likeness (QED) is 0.237. The number of nitrogens with zero attached hydrogens (tertiary/aromatic N) is 1. The molecule has 44 heavy (non-hydrogen) atoms. The number of likely N-dealkylation sites (tertiary alicyclic amines) is 1. The summed E-state index contributed by atoms with van der Waals surface area (Å²) in [5, 5.41) is 24.3. The highest BCUT2D eigenvalue weighted by Crippen LogP contribution is 2.33. The Hall–Kier alpha value is -4.00. The third-order valence-electron chi connectivity index (χ3n) is 8.02. The number of hydrogen-bond acceptors (Lipinski definition) is 5. The third-order valence-corrected chi connectivity index (χ3v) is 8.02. The maximum atomic E-state index is 14.3. The van der Waals surface area contributed by atoms with E-state index < -0.39 is 90.5 Å². The van der Waals surface area contributed by atoms with Crippen LogP contribution >= 0.6 is 0 Å². The van der Waals surface area contributed by atoms with Crippen molar-refractivity contribution >= 4 is 23.7 Å². The van der Waals surface area contributed by atoms with Crippen LogP contribution in [0.3, 0.4) is 0 Å². The van der Waals surface area contributed by atoms with Crippen molar-refractivity contribution in [2.24, 2.45) is 5.92 Å². The number of carbonyl (C=O) groups excluding carboxylic acids is 3. The van der Waals surface area contributed by atoms with Gasteiger partial charge in [-0.3, -0.25) is 14.4 Å². The second-order valence-electron chi connectivity index (χ2n) is 10.8. The van der Waals surface area contributed by atoms with Crippen molar-refractivity contribution in [3.05, 3.63) is 70.8 Å². The number of carboxylic acid groups (broad SMARTS) is 1. The molecule has 1 fully saturated rings. The van der Waals surface area contributed by atoms with E-state index in [0.717, 1.165) is 5.56 Å². The van der Waals surface area contributed by atoms with Gasteiger partial charge in [-0.05, 0) is 36.5 Å². The number of aliphatic hydroxyl groups excluding tert-OH is 1. The minimum absolute atomic E-state index is 0.0989. The number of aliphatic hydroxyl groups is 1. The molecule has 2 aromatic carbocycles. The van der Waals surface area contributed by atoms with Crippen LogP contribution in [0.4, 0.5) is 17.6 Å². The molecule has 9 nitrogen and oxygen atoms in total. The summed E-state index contributed by atoms with van der Waals surface area (Å²) in [6, 6.07) is 7.44. The van der Waals surface area contributed by atoms with E-state index >= 15 is 0 Å². The minimum atomic E-state index is -3.00. The standard InChI is InChI=1S/C31H37F4N3O6/c1-3-17(4-2)27(39)30(42)38-16-20(18-8-6-5-7-9-18)14-25(38)29(41)37-24(15-26(34)35)28(40)36-11-10-21-22(32)12-19(31(43)44)13-23(21)33/h5-9,12-13,17,20,24-27,39H,3-4,10-11,14-16H2,1-2H3,(H,36,40)(H,37,41)(H,43,44)/t20-,24+,25+,27?/m1/s1. The number of amides is 3. The zero-order chi connectivity index (χ0) is 32.6. The van der Waals surface area contributed by atoms with Gasteiger partial charge >= 0.3 is 5.97 Å². The molecule has 1 saturated heterocycles. The number of carboxylic acids is 1. The first kappa shape index (κ1) is 34.5. The average Bonchev–Trinajstić information content (AvgIpc) is 3.44. The van der Waals surface area contributed by atoms with Crippen LogP contribution in [0.5, 0.6) is 0 Å². The van der Waals surface area contributed by atoms with Crippen LogP contribution in [-0.4, -0.2) is 76.5 Å². The molecule has 0 aliphatic carbocycles. The van der Waals surface area contributed by atoms with Gasteiger partial charge in [-0.1, -0.05) is 57.0 Å². The Bertz CT molecular complexity index is 1300. The van der Waals surface area contributed by atoms with Crippen molar-refractivity contribution < 1.29 is 47.0 Å². The van der Waals surface area contributed by atoms with Crippen LogP contribution in [-0.2, 0) is 20.8 Å². The summed E-state index contributed by atoms with van der Waals surface area (Å²) >= 11 is 0. The monoisotopic (exact) mass is 623 g/mol. The molecule has 0 saturated carbocycles. The molecular weight excluding hydrogens is 586 g/mol. The Kier molecular flexibility index (Phi) is 12.3. The highest BCUT2D eigenvalue weighted by molar-refractivity contribution is 5.93. The molecular formula is C31H37F4N3O6. The fourth-order valence-corrected chi connectivity index (χ4v) is 5.48. The Balaban J connectivity index is 1.75. The van der Waals surface area contributed by atoms with E-state index in [0.29, 0.717) is 25.0 Å².